The van der Waals surface area contributed by atoms with Gasteiger partial charge in [0.2, 0.25) is 5.91 Å². The van der Waals surface area contributed by atoms with E-state index in [4.69, 9.17) is 0 Å². The van der Waals surface area contributed by atoms with Gasteiger partial charge in [-0.2, -0.15) is 5.10 Å². The number of fused-ring (bicyclic) bond motifs is 3. The van der Waals surface area contributed by atoms with Crippen LogP contribution in [0.15, 0.2) is 35.3 Å². The molecule has 8 nitrogen and oxygen atoms in total. The predicted molar refractivity (Wildman–Crippen MR) is 107 cm³/mol. The molecule has 1 aliphatic rings. The Hall–Kier alpha value is -2.68. The number of rotatable bonds is 5. The Balaban J connectivity index is 1.52. The van der Waals surface area contributed by atoms with Gasteiger partial charge in [-0.25, -0.2) is 13.1 Å². The third-order valence-electron chi connectivity index (χ3n) is 5.25. The van der Waals surface area contributed by atoms with E-state index in [1.54, 1.807) is 13.2 Å². The standard InChI is InChI=1S/C19H22N4O4S/c1-22-19(25)18-15(11-20-22)14-5-2-3-6-16(14)23(18)9-4-7-17(24)21-13-8-10-28(26,27)12-13/h2-3,5-6,11,13H,4,7-10,12H2,1H3,(H,21,24)/t13-/m1/s1. The summed E-state index contributed by atoms with van der Waals surface area (Å²) in [7, 11) is -1.40. The largest absolute Gasteiger partial charge is 0.352 e. The van der Waals surface area contributed by atoms with Gasteiger partial charge in [0.05, 0.1) is 17.7 Å². The van der Waals surface area contributed by atoms with Crippen molar-refractivity contribution in [1.82, 2.24) is 19.7 Å². The molecular formula is C19H22N4O4S. The van der Waals surface area contributed by atoms with Crippen molar-refractivity contribution in [1.29, 1.82) is 0 Å². The molecule has 1 atom stereocenters. The number of amides is 1. The van der Waals surface area contributed by atoms with Crippen LogP contribution in [-0.4, -0.2) is 46.2 Å². The monoisotopic (exact) mass is 402 g/mol. The predicted octanol–water partition coefficient (Wildman–Crippen LogP) is 0.972. The van der Waals surface area contributed by atoms with E-state index >= 15 is 0 Å². The molecule has 1 aliphatic heterocycles. The van der Waals surface area contributed by atoms with E-state index in [1.165, 1.54) is 4.68 Å². The average Bonchev–Trinajstić information content (AvgIpc) is 3.16. The van der Waals surface area contributed by atoms with Gasteiger partial charge in [-0.1, -0.05) is 18.2 Å². The number of aromatic nitrogens is 3. The molecule has 28 heavy (non-hydrogen) atoms. The first kappa shape index (κ1) is 18.7. The van der Waals surface area contributed by atoms with Crippen LogP contribution in [0.4, 0.5) is 0 Å². The third kappa shape index (κ3) is 3.42. The van der Waals surface area contributed by atoms with Gasteiger partial charge < -0.3 is 9.88 Å². The highest BCUT2D eigenvalue weighted by molar-refractivity contribution is 7.91. The number of benzene rings is 1. The zero-order valence-corrected chi connectivity index (χ0v) is 16.4. The fraction of sp³-hybridized carbons (Fsp3) is 0.421. The normalized spacial score (nSPS) is 18.7. The van der Waals surface area contributed by atoms with E-state index in [0.29, 0.717) is 24.9 Å². The Labute approximate surface area is 162 Å². The molecule has 4 rings (SSSR count). The van der Waals surface area contributed by atoms with Crippen molar-refractivity contribution < 1.29 is 13.2 Å². The number of aryl methyl sites for hydroxylation is 2. The molecule has 1 aromatic carbocycles. The molecule has 148 valence electrons. The molecule has 0 spiro atoms. The fourth-order valence-electron chi connectivity index (χ4n) is 3.88. The van der Waals surface area contributed by atoms with E-state index in [-0.39, 0.29) is 35.4 Å². The topological polar surface area (TPSA) is 103 Å². The van der Waals surface area contributed by atoms with Crippen molar-refractivity contribution in [3.63, 3.8) is 0 Å². The Morgan fingerprint density at radius 1 is 1.29 bits per heavy atom. The Morgan fingerprint density at radius 3 is 2.82 bits per heavy atom. The van der Waals surface area contributed by atoms with Crippen LogP contribution in [0.2, 0.25) is 0 Å². The maximum Gasteiger partial charge on any atom is 0.291 e. The first-order valence-electron chi connectivity index (χ1n) is 9.29. The second-order valence-electron chi connectivity index (χ2n) is 7.28. The maximum atomic E-state index is 12.7. The quantitative estimate of drug-likeness (QED) is 0.685. The molecule has 0 unspecified atom stereocenters. The van der Waals surface area contributed by atoms with Gasteiger partial charge >= 0.3 is 0 Å². The minimum absolute atomic E-state index is 0.0225. The summed E-state index contributed by atoms with van der Waals surface area (Å²) in [5.41, 5.74) is 1.35. The number of hydrogen-bond donors (Lipinski definition) is 1. The summed E-state index contributed by atoms with van der Waals surface area (Å²) in [5.74, 6) is 0.00286. The Kier molecular flexibility index (Phi) is 4.70. The number of nitrogens with zero attached hydrogens (tertiary/aromatic N) is 3. The molecule has 9 heteroatoms. The van der Waals surface area contributed by atoms with Gasteiger partial charge in [0.25, 0.3) is 5.56 Å². The number of carbonyl (C=O) groups is 1. The van der Waals surface area contributed by atoms with Crippen LogP contribution in [0.1, 0.15) is 19.3 Å². The average molecular weight is 402 g/mol. The highest BCUT2D eigenvalue weighted by atomic mass is 32.2. The lowest BCUT2D eigenvalue weighted by Crippen LogP contribution is -2.35. The Bertz CT molecular complexity index is 1230. The lowest BCUT2D eigenvalue weighted by atomic mass is 10.2. The number of hydrogen-bond acceptors (Lipinski definition) is 5. The van der Waals surface area contributed by atoms with Crippen LogP contribution in [0.3, 0.4) is 0 Å². The van der Waals surface area contributed by atoms with Crippen molar-refractivity contribution in [2.75, 3.05) is 11.5 Å². The minimum Gasteiger partial charge on any atom is -0.352 e. The van der Waals surface area contributed by atoms with Crippen LogP contribution >= 0.6 is 0 Å². The molecule has 1 saturated heterocycles. The Morgan fingerprint density at radius 2 is 2.07 bits per heavy atom. The molecule has 1 fully saturated rings. The van der Waals surface area contributed by atoms with Crippen molar-refractivity contribution in [2.45, 2.75) is 31.8 Å². The van der Waals surface area contributed by atoms with Crippen molar-refractivity contribution in [2.24, 2.45) is 7.05 Å². The summed E-state index contributed by atoms with van der Waals surface area (Å²) in [5, 5.41) is 8.70. The van der Waals surface area contributed by atoms with Gasteiger partial charge in [-0.15, -0.1) is 0 Å². The van der Waals surface area contributed by atoms with E-state index in [9.17, 15) is 18.0 Å². The second-order valence-corrected chi connectivity index (χ2v) is 9.50. The van der Waals surface area contributed by atoms with E-state index < -0.39 is 9.84 Å². The summed E-state index contributed by atoms with van der Waals surface area (Å²) in [6, 6.07) is 7.47. The molecule has 0 bridgehead atoms. The van der Waals surface area contributed by atoms with Gasteiger partial charge in [-0.05, 0) is 18.9 Å². The summed E-state index contributed by atoms with van der Waals surface area (Å²) >= 11 is 0. The third-order valence-corrected chi connectivity index (χ3v) is 7.02. The molecule has 1 N–H and O–H groups in total. The summed E-state index contributed by atoms with van der Waals surface area (Å²) in [4.78, 5) is 24.8. The van der Waals surface area contributed by atoms with Crippen LogP contribution in [-0.2, 0) is 28.2 Å². The van der Waals surface area contributed by atoms with E-state index in [1.807, 2.05) is 28.8 Å². The van der Waals surface area contributed by atoms with Gasteiger partial charge in [-0.3, -0.25) is 9.59 Å². The summed E-state index contributed by atoms with van der Waals surface area (Å²) in [6.07, 6.45) is 2.99. The zero-order chi connectivity index (χ0) is 19.9. The number of para-hydroxylation sites is 1. The first-order valence-corrected chi connectivity index (χ1v) is 11.1. The minimum atomic E-state index is -3.02. The molecule has 2 aromatic heterocycles. The molecule has 3 heterocycles. The highest BCUT2D eigenvalue weighted by Gasteiger charge is 2.28. The zero-order valence-electron chi connectivity index (χ0n) is 15.6. The molecule has 0 radical (unpaired) electrons. The van der Waals surface area contributed by atoms with Crippen LogP contribution < -0.4 is 10.9 Å². The van der Waals surface area contributed by atoms with E-state index in [0.717, 1.165) is 16.3 Å². The van der Waals surface area contributed by atoms with Crippen molar-refractivity contribution >= 4 is 37.6 Å². The van der Waals surface area contributed by atoms with Crippen LogP contribution in [0, 0.1) is 0 Å². The number of nitrogens with one attached hydrogen (secondary N) is 1. The summed E-state index contributed by atoms with van der Waals surface area (Å²) < 4.78 is 26.3. The molecular weight excluding hydrogens is 380 g/mol. The SMILES string of the molecule is Cn1ncc2c3ccccc3n(CCCC(=O)N[C@@H]3CCS(=O)(=O)C3)c2c1=O. The molecule has 1 amide bonds. The highest BCUT2D eigenvalue weighted by Crippen LogP contribution is 2.26. The lowest BCUT2D eigenvalue weighted by Gasteiger charge is -2.11. The first-order chi connectivity index (χ1) is 13.4. The second kappa shape index (κ2) is 7.05. The van der Waals surface area contributed by atoms with Crippen molar-refractivity contribution in [3.05, 3.63) is 40.8 Å². The maximum absolute atomic E-state index is 12.7. The molecule has 0 saturated carbocycles. The lowest BCUT2D eigenvalue weighted by molar-refractivity contribution is -0.121. The van der Waals surface area contributed by atoms with E-state index in [2.05, 4.69) is 10.4 Å². The van der Waals surface area contributed by atoms with Crippen LogP contribution in [0.25, 0.3) is 21.8 Å². The number of sulfone groups is 1. The van der Waals surface area contributed by atoms with Gasteiger partial charge in [0.1, 0.15) is 5.52 Å². The smallest absolute Gasteiger partial charge is 0.291 e. The fourth-order valence-corrected chi connectivity index (χ4v) is 5.55. The molecule has 0 aliphatic carbocycles. The van der Waals surface area contributed by atoms with Crippen LogP contribution in [0.5, 0.6) is 0 Å². The van der Waals surface area contributed by atoms with Gasteiger partial charge in [0, 0.05) is 42.3 Å². The summed E-state index contributed by atoms with van der Waals surface area (Å²) in [6.45, 7) is 0.514. The van der Waals surface area contributed by atoms with Crippen molar-refractivity contribution in [3.8, 4) is 0 Å². The van der Waals surface area contributed by atoms with Gasteiger partial charge in [0.15, 0.2) is 9.84 Å². The number of carbonyl (C=O) groups excluding carboxylic acids is 1. The molecule has 3 aromatic rings.